The predicted octanol–water partition coefficient (Wildman–Crippen LogP) is 3.03. The lowest BCUT2D eigenvalue weighted by Crippen LogP contribution is -1.79. The molecule has 2 rings (SSSR count). The molecule has 1 saturated carbocycles. The van der Waals surface area contributed by atoms with Crippen LogP contribution in [0, 0.1) is 5.92 Å². The van der Waals surface area contributed by atoms with Crippen LogP contribution in [0.4, 0.5) is 0 Å². The number of halogens is 1. The molecule has 0 unspecified atom stereocenters. The van der Waals surface area contributed by atoms with Crippen molar-refractivity contribution in [1.29, 1.82) is 0 Å². The van der Waals surface area contributed by atoms with E-state index in [1.165, 1.54) is 5.56 Å². The van der Waals surface area contributed by atoms with Gasteiger partial charge in [-0.1, -0.05) is 37.3 Å². The Morgan fingerprint density at radius 2 is 1.73 bits per heavy atom. The second kappa shape index (κ2) is 2.53. The number of hydrogen-bond acceptors (Lipinski definition) is 0. The van der Waals surface area contributed by atoms with Gasteiger partial charge in [-0.15, -0.1) is 11.6 Å². The molecule has 0 nitrogen and oxygen atoms in total. The predicted molar refractivity (Wildman–Crippen MR) is 48.0 cm³/mol. The van der Waals surface area contributed by atoms with E-state index < -0.39 is 0 Å². The summed E-state index contributed by atoms with van der Waals surface area (Å²) in [6, 6.07) is 10.5. The standard InChI is InChI=1S/C10H11Cl/c1-7-9(10(7)11)8-5-3-2-4-6-8/h2-7,9-10H,1H3/t7-,9+,10-/m0/s1. The molecule has 0 heterocycles. The van der Waals surface area contributed by atoms with Gasteiger partial charge in [0.25, 0.3) is 0 Å². The van der Waals surface area contributed by atoms with Crippen LogP contribution in [0.2, 0.25) is 0 Å². The average Bonchev–Trinajstić information content (AvgIpc) is 2.62. The molecule has 0 radical (unpaired) electrons. The van der Waals surface area contributed by atoms with Crippen LogP contribution < -0.4 is 0 Å². The van der Waals surface area contributed by atoms with Crippen molar-refractivity contribution in [1.82, 2.24) is 0 Å². The summed E-state index contributed by atoms with van der Waals surface area (Å²) in [5.74, 6) is 1.27. The highest BCUT2D eigenvalue weighted by molar-refractivity contribution is 6.23. The minimum atomic E-state index is 0.373. The van der Waals surface area contributed by atoms with Gasteiger partial charge in [-0.2, -0.15) is 0 Å². The molecule has 58 valence electrons. The summed E-state index contributed by atoms with van der Waals surface area (Å²) in [5, 5.41) is 0.373. The number of benzene rings is 1. The molecule has 1 aliphatic rings. The van der Waals surface area contributed by atoms with Gasteiger partial charge in [0.1, 0.15) is 0 Å². The Hall–Kier alpha value is -0.490. The maximum absolute atomic E-state index is 6.04. The zero-order valence-corrected chi connectivity index (χ0v) is 7.25. The van der Waals surface area contributed by atoms with Crippen molar-refractivity contribution in [3.8, 4) is 0 Å². The molecule has 1 aromatic carbocycles. The van der Waals surface area contributed by atoms with Crippen LogP contribution in [0.1, 0.15) is 18.4 Å². The number of hydrogen-bond donors (Lipinski definition) is 0. The summed E-state index contributed by atoms with van der Waals surface area (Å²) in [4.78, 5) is 0. The molecular weight excluding hydrogens is 156 g/mol. The Kier molecular flexibility index (Phi) is 1.65. The molecule has 0 amide bonds. The first-order valence-corrected chi connectivity index (χ1v) is 4.43. The zero-order chi connectivity index (χ0) is 7.84. The van der Waals surface area contributed by atoms with Crippen LogP contribution in [0.5, 0.6) is 0 Å². The molecule has 0 N–H and O–H groups in total. The quantitative estimate of drug-likeness (QED) is 0.563. The fourth-order valence-corrected chi connectivity index (χ4v) is 2.02. The molecule has 1 heteroatoms. The van der Waals surface area contributed by atoms with Crippen LogP contribution >= 0.6 is 11.6 Å². The molecular formula is C10H11Cl. The normalized spacial score (nSPS) is 35.3. The van der Waals surface area contributed by atoms with Crippen molar-refractivity contribution in [3.05, 3.63) is 35.9 Å². The monoisotopic (exact) mass is 166 g/mol. The molecule has 0 spiro atoms. The van der Waals surface area contributed by atoms with E-state index in [9.17, 15) is 0 Å². The number of rotatable bonds is 1. The first kappa shape index (κ1) is 7.17. The maximum Gasteiger partial charge on any atom is 0.0439 e. The zero-order valence-electron chi connectivity index (χ0n) is 6.50. The molecule has 3 atom stereocenters. The van der Waals surface area contributed by atoms with Crippen molar-refractivity contribution in [2.75, 3.05) is 0 Å². The average molecular weight is 167 g/mol. The summed E-state index contributed by atoms with van der Waals surface area (Å²) in [6.07, 6.45) is 0. The summed E-state index contributed by atoms with van der Waals surface area (Å²) in [7, 11) is 0. The molecule has 0 bridgehead atoms. The lowest BCUT2D eigenvalue weighted by Gasteiger charge is -1.94. The minimum Gasteiger partial charge on any atom is -0.122 e. The Morgan fingerprint density at radius 1 is 1.18 bits per heavy atom. The molecule has 0 saturated heterocycles. The van der Waals surface area contributed by atoms with E-state index >= 15 is 0 Å². The highest BCUT2D eigenvalue weighted by Gasteiger charge is 2.45. The Bertz CT molecular complexity index is 234. The van der Waals surface area contributed by atoms with Gasteiger partial charge < -0.3 is 0 Å². The Labute approximate surface area is 72.2 Å². The van der Waals surface area contributed by atoms with E-state index in [1.807, 2.05) is 6.07 Å². The maximum atomic E-state index is 6.04. The molecule has 1 fully saturated rings. The van der Waals surface area contributed by atoms with Gasteiger partial charge in [0.2, 0.25) is 0 Å². The minimum absolute atomic E-state index is 0.373. The van der Waals surface area contributed by atoms with Gasteiger partial charge in [0.15, 0.2) is 0 Å². The largest absolute Gasteiger partial charge is 0.122 e. The van der Waals surface area contributed by atoms with Gasteiger partial charge in [0, 0.05) is 11.3 Å². The Morgan fingerprint density at radius 3 is 2.18 bits per heavy atom. The van der Waals surface area contributed by atoms with Gasteiger partial charge in [-0.05, 0) is 11.5 Å². The van der Waals surface area contributed by atoms with Gasteiger partial charge in [-0.25, -0.2) is 0 Å². The first-order chi connectivity index (χ1) is 5.30. The van der Waals surface area contributed by atoms with E-state index in [-0.39, 0.29) is 0 Å². The molecule has 11 heavy (non-hydrogen) atoms. The van der Waals surface area contributed by atoms with Crippen molar-refractivity contribution >= 4 is 11.6 Å². The summed E-state index contributed by atoms with van der Waals surface area (Å²) in [5.41, 5.74) is 1.39. The van der Waals surface area contributed by atoms with E-state index in [0.29, 0.717) is 17.2 Å². The highest BCUT2D eigenvalue weighted by Crippen LogP contribution is 2.51. The molecule has 0 aromatic heterocycles. The van der Waals surface area contributed by atoms with Crippen LogP contribution in [0.25, 0.3) is 0 Å². The first-order valence-electron chi connectivity index (χ1n) is 3.99. The second-order valence-corrected chi connectivity index (χ2v) is 3.74. The lowest BCUT2D eigenvalue weighted by molar-refractivity contribution is 0.915. The molecule has 0 aliphatic heterocycles. The van der Waals surface area contributed by atoms with Crippen LogP contribution in [-0.2, 0) is 0 Å². The molecule has 1 aliphatic carbocycles. The SMILES string of the molecule is C[C@@H]1[C@H](Cl)[C@H]1c1ccccc1. The molecule has 1 aromatic rings. The topological polar surface area (TPSA) is 0 Å². The van der Waals surface area contributed by atoms with E-state index in [2.05, 4.69) is 31.2 Å². The third kappa shape index (κ3) is 1.16. The Balaban J connectivity index is 2.20. The fraction of sp³-hybridized carbons (Fsp3) is 0.400. The third-order valence-corrected chi connectivity index (χ3v) is 3.12. The van der Waals surface area contributed by atoms with Crippen molar-refractivity contribution < 1.29 is 0 Å². The highest BCUT2D eigenvalue weighted by atomic mass is 35.5. The van der Waals surface area contributed by atoms with Crippen LogP contribution in [0.3, 0.4) is 0 Å². The van der Waals surface area contributed by atoms with Crippen LogP contribution in [-0.4, -0.2) is 5.38 Å². The summed E-state index contributed by atoms with van der Waals surface area (Å²) < 4.78 is 0. The van der Waals surface area contributed by atoms with Crippen LogP contribution in [0.15, 0.2) is 30.3 Å². The van der Waals surface area contributed by atoms with Crippen molar-refractivity contribution in [2.24, 2.45) is 5.92 Å². The van der Waals surface area contributed by atoms with Crippen molar-refractivity contribution in [3.63, 3.8) is 0 Å². The van der Waals surface area contributed by atoms with E-state index in [0.717, 1.165) is 0 Å². The van der Waals surface area contributed by atoms with E-state index in [4.69, 9.17) is 11.6 Å². The smallest absolute Gasteiger partial charge is 0.0439 e. The van der Waals surface area contributed by atoms with Gasteiger partial charge in [-0.3, -0.25) is 0 Å². The van der Waals surface area contributed by atoms with Gasteiger partial charge in [0.05, 0.1) is 0 Å². The second-order valence-electron chi connectivity index (χ2n) is 3.24. The third-order valence-electron chi connectivity index (χ3n) is 2.46. The fourth-order valence-electron chi connectivity index (χ4n) is 1.58. The van der Waals surface area contributed by atoms with Gasteiger partial charge >= 0.3 is 0 Å². The number of alkyl halides is 1. The van der Waals surface area contributed by atoms with E-state index in [1.54, 1.807) is 0 Å². The lowest BCUT2D eigenvalue weighted by atomic mass is 10.1. The summed E-state index contributed by atoms with van der Waals surface area (Å²) in [6.45, 7) is 2.20. The van der Waals surface area contributed by atoms with Crippen molar-refractivity contribution in [2.45, 2.75) is 18.2 Å². The summed E-state index contributed by atoms with van der Waals surface area (Å²) >= 11 is 6.04.